The van der Waals surface area contributed by atoms with Crippen LogP contribution in [0.25, 0.3) is 0 Å². The highest BCUT2D eigenvalue weighted by Crippen LogP contribution is 2.34. The summed E-state index contributed by atoms with van der Waals surface area (Å²) in [7, 11) is -4.09. The maximum atomic E-state index is 13.4. The van der Waals surface area contributed by atoms with Gasteiger partial charge in [-0.1, -0.05) is 0 Å². The Kier molecular flexibility index (Phi) is 6.09. The number of halogens is 4. The zero-order chi connectivity index (χ0) is 19.7. The van der Waals surface area contributed by atoms with Crippen molar-refractivity contribution in [2.45, 2.75) is 23.9 Å². The van der Waals surface area contributed by atoms with E-state index in [0.29, 0.717) is 44.1 Å². The first-order valence-corrected chi connectivity index (χ1v) is 10.3. The van der Waals surface area contributed by atoms with Crippen LogP contribution < -0.4 is 0 Å². The highest BCUT2D eigenvalue weighted by atomic mass is 32.2. The predicted molar refractivity (Wildman–Crippen MR) is 90.1 cm³/mol. The first-order valence-electron chi connectivity index (χ1n) is 8.85. The lowest BCUT2D eigenvalue weighted by atomic mass is 9.97. The van der Waals surface area contributed by atoms with E-state index in [9.17, 15) is 26.0 Å². The van der Waals surface area contributed by atoms with Gasteiger partial charge in [-0.05, 0) is 37.0 Å². The van der Waals surface area contributed by atoms with Crippen LogP contribution in [0, 0.1) is 11.7 Å². The largest absolute Gasteiger partial charge is 0.419 e. The number of rotatable bonds is 4. The molecule has 2 heterocycles. The van der Waals surface area contributed by atoms with Crippen molar-refractivity contribution in [3.05, 3.63) is 29.6 Å². The smallest absolute Gasteiger partial charge is 0.379 e. The molecule has 0 aromatic heterocycles. The fourth-order valence-corrected chi connectivity index (χ4v) is 5.01. The van der Waals surface area contributed by atoms with Gasteiger partial charge in [0.15, 0.2) is 0 Å². The van der Waals surface area contributed by atoms with Crippen LogP contribution in [-0.2, 0) is 20.9 Å². The zero-order valence-corrected chi connectivity index (χ0v) is 15.5. The number of hydrogen-bond acceptors (Lipinski definition) is 4. The number of sulfonamides is 1. The lowest BCUT2D eigenvalue weighted by Gasteiger charge is -2.35. The number of hydrogen-bond donors (Lipinski definition) is 0. The molecule has 0 aliphatic carbocycles. The minimum absolute atomic E-state index is 0.246. The van der Waals surface area contributed by atoms with Crippen molar-refractivity contribution >= 4 is 10.0 Å². The van der Waals surface area contributed by atoms with Crippen molar-refractivity contribution < 1.29 is 30.7 Å². The molecule has 0 amide bonds. The van der Waals surface area contributed by atoms with Gasteiger partial charge in [0, 0.05) is 32.7 Å². The van der Waals surface area contributed by atoms with E-state index >= 15 is 0 Å². The molecular weight excluding hydrogens is 388 g/mol. The van der Waals surface area contributed by atoms with E-state index < -0.39 is 32.5 Å². The van der Waals surface area contributed by atoms with Crippen LogP contribution in [-0.4, -0.2) is 63.6 Å². The molecule has 0 atom stereocenters. The molecule has 3 rings (SSSR count). The summed E-state index contributed by atoms with van der Waals surface area (Å²) in [6.07, 6.45) is -3.66. The molecule has 0 saturated carbocycles. The van der Waals surface area contributed by atoms with E-state index in [1.54, 1.807) is 0 Å². The number of nitrogens with zero attached hydrogens (tertiary/aromatic N) is 2. The first kappa shape index (κ1) is 20.5. The monoisotopic (exact) mass is 410 g/mol. The SMILES string of the molecule is O=S(=O)(c1ccc(F)c(C(F)(F)F)c1)N1CCC(CN2CCOCC2)CC1. The summed E-state index contributed by atoms with van der Waals surface area (Å²) in [6, 6.07) is 1.82. The molecule has 1 aromatic rings. The van der Waals surface area contributed by atoms with E-state index in [-0.39, 0.29) is 13.1 Å². The van der Waals surface area contributed by atoms with Gasteiger partial charge in [0.2, 0.25) is 10.0 Å². The maximum absolute atomic E-state index is 13.4. The second kappa shape index (κ2) is 8.02. The summed E-state index contributed by atoms with van der Waals surface area (Å²) in [5, 5.41) is 0. The van der Waals surface area contributed by atoms with Crippen molar-refractivity contribution in [2.75, 3.05) is 45.9 Å². The van der Waals surface area contributed by atoms with Crippen LogP contribution in [0.1, 0.15) is 18.4 Å². The summed E-state index contributed by atoms with van der Waals surface area (Å²) < 4.78 is 83.9. The number of ether oxygens (including phenoxy) is 1. The predicted octanol–water partition coefficient (Wildman–Crippen LogP) is 2.58. The minimum Gasteiger partial charge on any atom is -0.379 e. The van der Waals surface area contributed by atoms with Crippen molar-refractivity contribution in [1.82, 2.24) is 9.21 Å². The van der Waals surface area contributed by atoms with Gasteiger partial charge in [0.05, 0.1) is 23.7 Å². The fourth-order valence-electron chi connectivity index (χ4n) is 3.51. The van der Waals surface area contributed by atoms with E-state index in [0.717, 1.165) is 25.7 Å². The average molecular weight is 410 g/mol. The summed E-state index contributed by atoms with van der Waals surface area (Å²) in [4.78, 5) is 1.76. The zero-order valence-electron chi connectivity index (χ0n) is 14.7. The molecule has 2 saturated heterocycles. The molecule has 0 bridgehead atoms. The van der Waals surface area contributed by atoms with Gasteiger partial charge in [-0.25, -0.2) is 12.8 Å². The van der Waals surface area contributed by atoms with Crippen LogP contribution >= 0.6 is 0 Å². The van der Waals surface area contributed by atoms with E-state index in [1.807, 2.05) is 0 Å². The molecule has 10 heteroatoms. The van der Waals surface area contributed by atoms with Crippen molar-refractivity contribution in [1.29, 1.82) is 0 Å². The molecular formula is C17H22F4N2O3S. The Hall–Kier alpha value is -1.23. The molecule has 0 N–H and O–H groups in total. The van der Waals surface area contributed by atoms with Crippen LogP contribution in [0.2, 0.25) is 0 Å². The Balaban J connectivity index is 1.66. The van der Waals surface area contributed by atoms with Crippen molar-refractivity contribution in [3.63, 3.8) is 0 Å². The van der Waals surface area contributed by atoms with E-state index in [1.165, 1.54) is 4.31 Å². The lowest BCUT2D eigenvalue weighted by Crippen LogP contribution is -2.44. The second-order valence-corrected chi connectivity index (χ2v) is 8.84. The molecule has 2 fully saturated rings. The Morgan fingerprint density at radius 1 is 1.07 bits per heavy atom. The van der Waals surface area contributed by atoms with Gasteiger partial charge in [-0.2, -0.15) is 17.5 Å². The maximum Gasteiger partial charge on any atom is 0.419 e. The summed E-state index contributed by atoms with van der Waals surface area (Å²) in [5.74, 6) is -1.14. The Bertz CT molecular complexity index is 756. The highest BCUT2D eigenvalue weighted by molar-refractivity contribution is 7.89. The first-order chi connectivity index (χ1) is 12.7. The Morgan fingerprint density at radius 3 is 2.30 bits per heavy atom. The van der Waals surface area contributed by atoms with Crippen molar-refractivity contribution in [3.8, 4) is 0 Å². The van der Waals surface area contributed by atoms with Crippen LogP contribution in [0.15, 0.2) is 23.1 Å². The number of morpholine rings is 1. The fraction of sp³-hybridized carbons (Fsp3) is 0.647. The Morgan fingerprint density at radius 2 is 1.70 bits per heavy atom. The molecule has 0 radical (unpaired) electrons. The van der Waals surface area contributed by atoms with Crippen LogP contribution in [0.4, 0.5) is 17.6 Å². The standard InChI is InChI=1S/C17H22F4N2O3S/c18-16-2-1-14(11-15(16)17(19,20)21)27(24,25)23-5-3-13(4-6-23)12-22-7-9-26-10-8-22/h1-2,11,13H,3-10,12H2. The van der Waals surface area contributed by atoms with Gasteiger partial charge in [0.1, 0.15) is 5.82 Å². The molecule has 2 aliphatic heterocycles. The van der Waals surface area contributed by atoms with E-state index in [4.69, 9.17) is 4.74 Å². The molecule has 2 aliphatic rings. The third kappa shape index (κ3) is 4.79. The summed E-state index contributed by atoms with van der Waals surface area (Å²) >= 11 is 0. The van der Waals surface area contributed by atoms with Crippen LogP contribution in [0.5, 0.6) is 0 Å². The van der Waals surface area contributed by atoms with Crippen LogP contribution in [0.3, 0.4) is 0 Å². The second-order valence-electron chi connectivity index (χ2n) is 6.90. The van der Waals surface area contributed by atoms with Gasteiger partial charge in [-0.15, -0.1) is 0 Å². The quantitative estimate of drug-likeness (QED) is 0.716. The Labute approximate surface area is 155 Å². The molecule has 152 valence electrons. The molecule has 5 nitrogen and oxygen atoms in total. The average Bonchev–Trinajstić information content (AvgIpc) is 2.62. The number of benzene rings is 1. The third-order valence-electron chi connectivity index (χ3n) is 5.07. The van der Waals surface area contributed by atoms with Gasteiger partial charge < -0.3 is 4.74 Å². The topological polar surface area (TPSA) is 49.9 Å². The summed E-state index contributed by atoms with van der Waals surface area (Å²) in [5.41, 5.74) is -1.56. The van der Waals surface area contributed by atoms with E-state index in [2.05, 4.69) is 4.90 Å². The van der Waals surface area contributed by atoms with Crippen molar-refractivity contribution in [2.24, 2.45) is 5.92 Å². The summed E-state index contributed by atoms with van der Waals surface area (Å²) in [6.45, 7) is 4.46. The van der Waals surface area contributed by atoms with Gasteiger partial charge >= 0.3 is 6.18 Å². The number of alkyl halides is 3. The van der Waals surface area contributed by atoms with Gasteiger partial charge in [0.25, 0.3) is 0 Å². The number of piperidine rings is 1. The third-order valence-corrected chi connectivity index (χ3v) is 6.97. The highest BCUT2D eigenvalue weighted by Gasteiger charge is 2.37. The minimum atomic E-state index is -4.94. The molecule has 27 heavy (non-hydrogen) atoms. The molecule has 1 aromatic carbocycles. The lowest BCUT2D eigenvalue weighted by molar-refractivity contribution is -0.140. The van der Waals surface area contributed by atoms with Gasteiger partial charge in [-0.3, -0.25) is 4.90 Å². The molecule has 0 unspecified atom stereocenters. The normalized spacial score (nSPS) is 21.5. The molecule has 0 spiro atoms.